The summed E-state index contributed by atoms with van der Waals surface area (Å²) in [6.07, 6.45) is 0.676. The second-order valence-corrected chi connectivity index (χ2v) is 2.38. The molecule has 6 heteroatoms. The third kappa shape index (κ3) is 4.77. The monoisotopic (exact) mass is 216 g/mol. The molecule has 1 heterocycles. The van der Waals surface area contributed by atoms with Crippen LogP contribution in [0.3, 0.4) is 0 Å². The van der Waals surface area contributed by atoms with Gasteiger partial charge in [-0.25, -0.2) is 0 Å². The third-order valence-corrected chi connectivity index (χ3v) is 1.60. The molecule has 0 saturated carbocycles. The van der Waals surface area contributed by atoms with Crippen LogP contribution in [0.5, 0.6) is 0 Å². The molecule has 1 aliphatic rings. The molecule has 12 heavy (non-hydrogen) atoms. The highest BCUT2D eigenvalue weighted by atomic mass is 35.5. The molecule has 3 N–H and O–H groups in total. The summed E-state index contributed by atoms with van der Waals surface area (Å²) in [5.41, 5.74) is 0. The van der Waals surface area contributed by atoms with Gasteiger partial charge in [0.2, 0.25) is 0 Å². The lowest BCUT2D eigenvalue weighted by Crippen LogP contribution is -2.36. The first-order chi connectivity index (χ1) is 4.80. The topological polar surface area (TPSA) is 61.4 Å². The Morgan fingerprint density at radius 1 is 1.25 bits per heavy atom. The summed E-state index contributed by atoms with van der Waals surface area (Å²) >= 11 is 0. The minimum atomic E-state index is -0.747. The van der Waals surface area contributed by atoms with E-state index in [1.54, 1.807) is 0 Å². The molecule has 1 aliphatic heterocycles. The van der Waals surface area contributed by atoms with Crippen molar-refractivity contribution in [2.45, 2.75) is 12.5 Å². The van der Waals surface area contributed by atoms with Crippen molar-refractivity contribution in [1.82, 2.24) is 10.6 Å². The van der Waals surface area contributed by atoms with Crippen LogP contribution in [0.15, 0.2) is 0 Å². The van der Waals surface area contributed by atoms with E-state index in [9.17, 15) is 4.79 Å². The van der Waals surface area contributed by atoms with E-state index in [2.05, 4.69) is 10.6 Å². The van der Waals surface area contributed by atoms with Crippen LogP contribution in [0.1, 0.15) is 6.42 Å². The second kappa shape index (κ2) is 7.61. The zero-order valence-electron chi connectivity index (χ0n) is 6.58. The number of halogens is 2. The number of nitrogens with one attached hydrogen (secondary N) is 2. The van der Waals surface area contributed by atoms with Crippen LogP contribution in [0.25, 0.3) is 0 Å². The molecule has 0 aromatic rings. The minimum Gasteiger partial charge on any atom is -0.480 e. The number of carboxylic acid groups (broad SMARTS) is 1. The first-order valence-electron chi connectivity index (χ1n) is 3.47. The smallest absolute Gasteiger partial charge is 0.320 e. The highest BCUT2D eigenvalue weighted by molar-refractivity contribution is 5.85. The Morgan fingerprint density at radius 3 is 2.50 bits per heavy atom. The summed E-state index contributed by atoms with van der Waals surface area (Å²) in [5, 5.41) is 14.6. The van der Waals surface area contributed by atoms with E-state index in [-0.39, 0.29) is 30.9 Å². The van der Waals surface area contributed by atoms with Gasteiger partial charge in [0.1, 0.15) is 6.04 Å². The maximum absolute atomic E-state index is 10.4. The Hall–Kier alpha value is -0.0300. The van der Waals surface area contributed by atoms with Gasteiger partial charge < -0.3 is 15.7 Å². The molecule has 1 rings (SSSR count). The number of carboxylic acids is 1. The van der Waals surface area contributed by atoms with Crippen LogP contribution in [-0.2, 0) is 4.79 Å². The minimum absolute atomic E-state index is 0. The van der Waals surface area contributed by atoms with Crippen molar-refractivity contribution in [2.24, 2.45) is 0 Å². The van der Waals surface area contributed by atoms with Crippen LogP contribution >= 0.6 is 24.8 Å². The van der Waals surface area contributed by atoms with Gasteiger partial charge in [0, 0.05) is 13.1 Å². The molecule has 0 spiro atoms. The maximum Gasteiger partial charge on any atom is 0.320 e. The molecular formula is C6H14Cl2N2O2. The van der Waals surface area contributed by atoms with Crippen molar-refractivity contribution in [1.29, 1.82) is 0 Å². The molecular weight excluding hydrogens is 203 g/mol. The van der Waals surface area contributed by atoms with E-state index in [0.29, 0.717) is 6.42 Å². The lowest BCUT2D eigenvalue weighted by atomic mass is 10.2. The zero-order valence-corrected chi connectivity index (χ0v) is 8.21. The summed E-state index contributed by atoms with van der Waals surface area (Å²) in [5.74, 6) is -0.747. The van der Waals surface area contributed by atoms with Crippen molar-refractivity contribution < 1.29 is 9.90 Å². The van der Waals surface area contributed by atoms with Crippen LogP contribution in [0.2, 0.25) is 0 Å². The molecule has 0 aromatic heterocycles. The first kappa shape index (κ1) is 14.5. The third-order valence-electron chi connectivity index (χ3n) is 1.60. The summed E-state index contributed by atoms with van der Waals surface area (Å²) in [4.78, 5) is 10.4. The fraction of sp³-hybridized carbons (Fsp3) is 0.833. The Labute approximate surface area is 83.9 Å². The molecule has 0 radical (unpaired) electrons. The van der Waals surface area contributed by atoms with Crippen molar-refractivity contribution in [3.63, 3.8) is 0 Å². The van der Waals surface area contributed by atoms with Gasteiger partial charge in [0.05, 0.1) is 0 Å². The standard InChI is InChI=1S/C6H12N2O2.2ClH/c9-6(10)5-1-2-7-3-4-8-5;;/h5,7-8H,1-4H2,(H,9,10);2*1H. The molecule has 1 fully saturated rings. The fourth-order valence-electron chi connectivity index (χ4n) is 1.02. The maximum atomic E-state index is 10.4. The molecule has 0 amide bonds. The van der Waals surface area contributed by atoms with E-state index in [0.717, 1.165) is 19.6 Å². The Balaban J connectivity index is 0. The number of rotatable bonds is 1. The van der Waals surface area contributed by atoms with Crippen LogP contribution in [-0.4, -0.2) is 36.8 Å². The Morgan fingerprint density at radius 2 is 1.92 bits per heavy atom. The van der Waals surface area contributed by atoms with Gasteiger partial charge in [-0.2, -0.15) is 0 Å². The van der Waals surface area contributed by atoms with E-state index in [4.69, 9.17) is 5.11 Å². The predicted molar refractivity (Wildman–Crippen MR) is 51.4 cm³/mol. The zero-order chi connectivity index (χ0) is 7.40. The van der Waals surface area contributed by atoms with Gasteiger partial charge in [-0.05, 0) is 13.0 Å². The van der Waals surface area contributed by atoms with Gasteiger partial charge in [-0.1, -0.05) is 0 Å². The fourth-order valence-corrected chi connectivity index (χ4v) is 1.02. The number of aliphatic carboxylic acids is 1. The Kier molecular flexibility index (Phi) is 9.19. The van der Waals surface area contributed by atoms with E-state index >= 15 is 0 Å². The van der Waals surface area contributed by atoms with Crippen LogP contribution in [0.4, 0.5) is 0 Å². The summed E-state index contributed by atoms with van der Waals surface area (Å²) < 4.78 is 0. The average molecular weight is 217 g/mol. The van der Waals surface area contributed by atoms with E-state index in [1.165, 1.54) is 0 Å². The van der Waals surface area contributed by atoms with Crippen LogP contribution < -0.4 is 10.6 Å². The van der Waals surface area contributed by atoms with Crippen LogP contribution in [0, 0.1) is 0 Å². The van der Waals surface area contributed by atoms with Crippen molar-refractivity contribution >= 4 is 30.8 Å². The highest BCUT2D eigenvalue weighted by Gasteiger charge is 2.17. The first-order valence-corrected chi connectivity index (χ1v) is 3.47. The summed E-state index contributed by atoms with van der Waals surface area (Å²) in [7, 11) is 0. The molecule has 1 saturated heterocycles. The molecule has 0 bridgehead atoms. The predicted octanol–water partition coefficient (Wildman–Crippen LogP) is -0.134. The SMILES string of the molecule is Cl.Cl.O=C(O)C1CCNCCN1. The largest absolute Gasteiger partial charge is 0.480 e. The van der Waals surface area contributed by atoms with Gasteiger partial charge in [-0.3, -0.25) is 4.79 Å². The summed E-state index contributed by atoms with van der Waals surface area (Å²) in [6, 6.07) is -0.352. The van der Waals surface area contributed by atoms with E-state index < -0.39 is 5.97 Å². The van der Waals surface area contributed by atoms with Gasteiger partial charge in [0.25, 0.3) is 0 Å². The van der Waals surface area contributed by atoms with Crippen molar-refractivity contribution in [2.75, 3.05) is 19.6 Å². The molecule has 1 unspecified atom stereocenters. The molecule has 0 aromatic carbocycles. The number of hydrogen-bond donors (Lipinski definition) is 3. The normalized spacial score (nSPS) is 22.8. The van der Waals surface area contributed by atoms with Crippen molar-refractivity contribution in [3.8, 4) is 0 Å². The van der Waals surface area contributed by atoms with E-state index in [1.807, 2.05) is 0 Å². The average Bonchev–Trinajstić information content (AvgIpc) is 2.12. The summed E-state index contributed by atoms with van der Waals surface area (Å²) in [6.45, 7) is 2.41. The quantitative estimate of drug-likeness (QED) is 0.572. The lowest BCUT2D eigenvalue weighted by Gasteiger charge is -2.07. The molecule has 4 nitrogen and oxygen atoms in total. The Bertz CT molecular complexity index is 127. The van der Waals surface area contributed by atoms with Gasteiger partial charge >= 0.3 is 5.97 Å². The second-order valence-electron chi connectivity index (χ2n) is 2.38. The molecule has 0 aliphatic carbocycles. The molecule has 1 atom stereocenters. The van der Waals surface area contributed by atoms with Crippen molar-refractivity contribution in [3.05, 3.63) is 0 Å². The molecule has 74 valence electrons. The number of carbonyl (C=O) groups is 1. The highest BCUT2D eigenvalue weighted by Crippen LogP contribution is 1.92. The van der Waals surface area contributed by atoms with Gasteiger partial charge in [-0.15, -0.1) is 24.8 Å². The van der Waals surface area contributed by atoms with Gasteiger partial charge in [0.15, 0.2) is 0 Å². The number of hydrogen-bond acceptors (Lipinski definition) is 3. The lowest BCUT2D eigenvalue weighted by molar-refractivity contribution is -0.139.